The summed E-state index contributed by atoms with van der Waals surface area (Å²) in [4.78, 5) is 48.6. The molecule has 0 saturated carbocycles. The molecule has 4 aromatic rings. The highest BCUT2D eigenvalue weighted by molar-refractivity contribution is 6.14. The summed E-state index contributed by atoms with van der Waals surface area (Å²) in [7, 11) is 0. The third-order valence-electron chi connectivity index (χ3n) is 7.12. The van der Waals surface area contributed by atoms with Crippen LogP contribution in [0, 0.1) is 6.92 Å². The number of oxazole rings is 1. The first kappa shape index (κ1) is 27.1. The lowest BCUT2D eigenvalue weighted by molar-refractivity contribution is -0.130. The van der Waals surface area contributed by atoms with Crippen LogP contribution < -0.4 is 20.9 Å². The van der Waals surface area contributed by atoms with Gasteiger partial charge >= 0.3 is 6.01 Å². The van der Waals surface area contributed by atoms with Gasteiger partial charge in [0, 0.05) is 6.54 Å². The molecule has 9 nitrogen and oxygen atoms in total. The Bertz CT molecular complexity index is 1600. The maximum atomic E-state index is 14.1. The van der Waals surface area contributed by atoms with Crippen molar-refractivity contribution in [1.82, 2.24) is 10.3 Å². The second-order valence-corrected chi connectivity index (χ2v) is 10.6. The van der Waals surface area contributed by atoms with E-state index < -0.39 is 17.5 Å². The van der Waals surface area contributed by atoms with Crippen molar-refractivity contribution in [2.24, 2.45) is 5.73 Å². The predicted octanol–water partition coefficient (Wildman–Crippen LogP) is 4.64. The number of para-hydroxylation sites is 3. The Morgan fingerprint density at radius 1 is 1.07 bits per heavy atom. The standard InChI is InChI=1S/C31H33N5O4/c1-5-35(30-34-26-19(2)11-10-16-25(26)40-30)27(37)21-13-7-9-15-24(21)36-23-14-8-6-12-20(23)17-18-22(28(36)38)33-29(39)31(3,4)32/h6-16,22H,5,17-18,32H2,1-4H3,(H,33,39). The fraction of sp³-hybridized carbons (Fsp3) is 0.290. The van der Waals surface area contributed by atoms with Crippen LogP contribution >= 0.6 is 0 Å². The van der Waals surface area contributed by atoms with Crippen molar-refractivity contribution in [1.29, 1.82) is 0 Å². The summed E-state index contributed by atoms with van der Waals surface area (Å²) < 4.78 is 5.97. The number of aromatic nitrogens is 1. The van der Waals surface area contributed by atoms with Crippen LogP contribution in [0.3, 0.4) is 0 Å². The number of anilines is 3. The average molecular weight is 540 g/mol. The second kappa shape index (κ2) is 10.6. The van der Waals surface area contributed by atoms with E-state index in [0.717, 1.165) is 11.1 Å². The summed E-state index contributed by atoms with van der Waals surface area (Å²) in [6.07, 6.45) is 0.960. The quantitative estimate of drug-likeness (QED) is 0.368. The third-order valence-corrected chi connectivity index (χ3v) is 7.12. The average Bonchev–Trinajstić information content (AvgIpc) is 3.31. The Hall–Kier alpha value is -4.50. The van der Waals surface area contributed by atoms with Gasteiger partial charge in [0.15, 0.2) is 5.58 Å². The Kier molecular flexibility index (Phi) is 7.16. The number of rotatable bonds is 6. The summed E-state index contributed by atoms with van der Waals surface area (Å²) in [5.41, 5.74) is 9.39. The molecule has 0 spiro atoms. The molecular formula is C31H33N5O4. The zero-order valence-electron chi connectivity index (χ0n) is 23.1. The Morgan fingerprint density at radius 2 is 1.77 bits per heavy atom. The van der Waals surface area contributed by atoms with E-state index in [1.54, 1.807) is 38.1 Å². The molecule has 0 bridgehead atoms. The van der Waals surface area contributed by atoms with Crippen LogP contribution in [0.4, 0.5) is 17.4 Å². The normalized spacial score (nSPS) is 15.5. The number of nitrogens with zero attached hydrogens (tertiary/aromatic N) is 3. The lowest BCUT2D eigenvalue weighted by atomic mass is 10.0. The van der Waals surface area contributed by atoms with Gasteiger partial charge in [-0.15, -0.1) is 0 Å². The van der Waals surface area contributed by atoms with E-state index in [2.05, 4.69) is 10.3 Å². The second-order valence-electron chi connectivity index (χ2n) is 10.6. The Morgan fingerprint density at radius 3 is 2.48 bits per heavy atom. The van der Waals surface area contributed by atoms with Crippen LogP contribution in [0.25, 0.3) is 11.1 Å². The van der Waals surface area contributed by atoms with Crippen LogP contribution in [0.15, 0.2) is 71.1 Å². The number of carbonyl (C=O) groups excluding carboxylic acids is 3. The molecule has 3 amide bonds. The van der Waals surface area contributed by atoms with Gasteiger partial charge in [-0.1, -0.05) is 42.5 Å². The van der Waals surface area contributed by atoms with Gasteiger partial charge in [0.1, 0.15) is 11.6 Å². The monoisotopic (exact) mass is 539 g/mol. The molecule has 3 aromatic carbocycles. The van der Waals surface area contributed by atoms with Gasteiger partial charge in [0.05, 0.1) is 22.5 Å². The molecule has 1 unspecified atom stereocenters. The van der Waals surface area contributed by atoms with E-state index in [-0.39, 0.29) is 17.8 Å². The number of nitrogens with one attached hydrogen (secondary N) is 1. The van der Waals surface area contributed by atoms with Crippen molar-refractivity contribution >= 4 is 46.2 Å². The van der Waals surface area contributed by atoms with Crippen molar-refractivity contribution in [3.63, 3.8) is 0 Å². The van der Waals surface area contributed by atoms with Crippen molar-refractivity contribution in [3.8, 4) is 0 Å². The van der Waals surface area contributed by atoms with Gasteiger partial charge < -0.3 is 15.5 Å². The zero-order chi connectivity index (χ0) is 28.6. The number of amides is 3. The van der Waals surface area contributed by atoms with E-state index >= 15 is 0 Å². The van der Waals surface area contributed by atoms with Gasteiger partial charge in [-0.3, -0.25) is 24.2 Å². The van der Waals surface area contributed by atoms with Crippen molar-refractivity contribution in [2.45, 2.75) is 52.1 Å². The molecule has 1 aliphatic heterocycles. The fourth-order valence-corrected chi connectivity index (χ4v) is 4.92. The summed E-state index contributed by atoms with van der Waals surface area (Å²) in [6, 6.07) is 19.5. The van der Waals surface area contributed by atoms with Crippen molar-refractivity contribution in [3.05, 3.63) is 83.4 Å². The van der Waals surface area contributed by atoms with E-state index in [4.69, 9.17) is 10.2 Å². The molecule has 0 aliphatic carbocycles. The summed E-state index contributed by atoms with van der Waals surface area (Å²) >= 11 is 0. The third kappa shape index (κ3) is 4.96. The molecule has 5 rings (SSSR count). The van der Waals surface area contributed by atoms with E-state index in [1.807, 2.05) is 56.3 Å². The number of fused-ring (bicyclic) bond motifs is 2. The topological polar surface area (TPSA) is 122 Å². The number of carbonyl (C=O) groups is 3. The number of hydrogen-bond acceptors (Lipinski definition) is 6. The molecule has 1 aromatic heterocycles. The summed E-state index contributed by atoms with van der Waals surface area (Å²) in [6.45, 7) is 7.27. The first-order chi connectivity index (χ1) is 19.1. The number of benzene rings is 3. The molecule has 9 heteroatoms. The van der Waals surface area contributed by atoms with E-state index in [0.29, 0.717) is 47.4 Å². The van der Waals surface area contributed by atoms with Crippen LogP contribution in [0.5, 0.6) is 0 Å². The zero-order valence-corrected chi connectivity index (χ0v) is 23.1. The minimum absolute atomic E-state index is 0.185. The minimum Gasteiger partial charge on any atom is -0.423 e. The van der Waals surface area contributed by atoms with Gasteiger partial charge in [-0.05, 0) is 75.9 Å². The molecule has 0 saturated heterocycles. The molecule has 2 heterocycles. The molecule has 1 atom stereocenters. The molecule has 1 aliphatic rings. The SMILES string of the molecule is CCN(C(=O)c1ccccc1N1C(=O)C(NC(=O)C(C)(C)N)CCc2ccccc21)c1nc2c(C)cccc2o1. The van der Waals surface area contributed by atoms with Gasteiger partial charge in [-0.25, -0.2) is 0 Å². The first-order valence-corrected chi connectivity index (χ1v) is 13.4. The highest BCUT2D eigenvalue weighted by Crippen LogP contribution is 2.36. The Labute approximate surface area is 233 Å². The maximum absolute atomic E-state index is 14.1. The number of aryl methyl sites for hydroxylation is 2. The lowest BCUT2D eigenvalue weighted by Gasteiger charge is -2.30. The fourth-order valence-electron chi connectivity index (χ4n) is 4.92. The number of hydrogen-bond donors (Lipinski definition) is 2. The molecular weight excluding hydrogens is 506 g/mol. The smallest absolute Gasteiger partial charge is 0.305 e. The minimum atomic E-state index is -1.16. The number of nitrogens with two attached hydrogens (primary N) is 1. The summed E-state index contributed by atoms with van der Waals surface area (Å²) in [5.74, 6) is -1.13. The molecule has 3 N–H and O–H groups in total. The van der Waals surface area contributed by atoms with E-state index in [9.17, 15) is 14.4 Å². The van der Waals surface area contributed by atoms with Gasteiger partial charge in [0.25, 0.3) is 11.8 Å². The van der Waals surface area contributed by atoms with Crippen LogP contribution in [-0.2, 0) is 16.0 Å². The van der Waals surface area contributed by atoms with E-state index in [1.165, 1.54) is 9.80 Å². The molecule has 206 valence electrons. The van der Waals surface area contributed by atoms with Crippen LogP contribution in [0.1, 0.15) is 48.7 Å². The molecule has 0 fully saturated rings. The van der Waals surface area contributed by atoms with Crippen molar-refractivity contribution in [2.75, 3.05) is 16.3 Å². The summed E-state index contributed by atoms with van der Waals surface area (Å²) in [5, 5.41) is 2.84. The van der Waals surface area contributed by atoms with Gasteiger partial charge in [0.2, 0.25) is 5.91 Å². The highest BCUT2D eigenvalue weighted by atomic mass is 16.4. The van der Waals surface area contributed by atoms with Crippen molar-refractivity contribution < 1.29 is 18.8 Å². The lowest BCUT2D eigenvalue weighted by Crippen LogP contribution is -2.55. The highest BCUT2D eigenvalue weighted by Gasteiger charge is 2.36. The largest absolute Gasteiger partial charge is 0.423 e. The van der Waals surface area contributed by atoms with Crippen LogP contribution in [-0.4, -0.2) is 40.8 Å². The van der Waals surface area contributed by atoms with Crippen LogP contribution in [0.2, 0.25) is 0 Å². The predicted molar refractivity (Wildman–Crippen MR) is 155 cm³/mol. The van der Waals surface area contributed by atoms with Gasteiger partial charge in [-0.2, -0.15) is 4.98 Å². The molecule has 0 radical (unpaired) electrons. The molecule has 40 heavy (non-hydrogen) atoms. The Balaban J connectivity index is 1.59. The first-order valence-electron chi connectivity index (χ1n) is 13.4. The maximum Gasteiger partial charge on any atom is 0.305 e.